The van der Waals surface area contributed by atoms with E-state index in [9.17, 15) is 18.0 Å². The Morgan fingerprint density at radius 1 is 1.10 bits per heavy atom. The molecule has 2 fully saturated rings. The molecule has 0 saturated carbocycles. The van der Waals surface area contributed by atoms with Gasteiger partial charge in [-0.3, -0.25) is 4.79 Å². The fraction of sp³-hybridized carbons (Fsp3) is 0.471. The number of hydrogen-bond acceptors (Lipinski definition) is 7. The number of hydrogen-bond donors (Lipinski definition) is 1. The number of amides is 3. The van der Waals surface area contributed by atoms with E-state index < -0.39 is 15.8 Å². The summed E-state index contributed by atoms with van der Waals surface area (Å²) in [5, 5.41) is 6.78. The van der Waals surface area contributed by atoms with E-state index in [1.165, 1.54) is 23.5 Å². The number of urea groups is 1. The van der Waals surface area contributed by atoms with E-state index in [1.807, 2.05) is 0 Å². The molecule has 2 aliphatic heterocycles. The molecule has 154 valence electrons. The van der Waals surface area contributed by atoms with Crippen LogP contribution in [0, 0.1) is 5.92 Å². The molecule has 2 aliphatic rings. The van der Waals surface area contributed by atoms with Gasteiger partial charge in [-0.25, -0.2) is 27.9 Å². The molecule has 1 atom stereocenters. The third kappa shape index (κ3) is 4.36. The maximum atomic E-state index is 12.5. The molecular formula is C17H21N7O4S. The van der Waals surface area contributed by atoms with Crippen LogP contribution in [0.3, 0.4) is 0 Å². The van der Waals surface area contributed by atoms with Crippen LogP contribution in [0.4, 0.5) is 10.5 Å². The van der Waals surface area contributed by atoms with Gasteiger partial charge < -0.3 is 15.1 Å². The van der Waals surface area contributed by atoms with Gasteiger partial charge in [0.15, 0.2) is 15.7 Å². The summed E-state index contributed by atoms with van der Waals surface area (Å²) < 4.78 is 24.7. The zero-order chi connectivity index (χ0) is 20.4. The van der Waals surface area contributed by atoms with E-state index in [0.717, 1.165) is 0 Å². The number of piperazine rings is 1. The highest BCUT2D eigenvalue weighted by atomic mass is 32.2. The van der Waals surface area contributed by atoms with E-state index in [4.69, 9.17) is 0 Å². The van der Waals surface area contributed by atoms with Crippen molar-refractivity contribution in [1.29, 1.82) is 0 Å². The normalized spacial score (nSPS) is 21.2. The van der Waals surface area contributed by atoms with Crippen molar-refractivity contribution in [3.8, 4) is 5.82 Å². The van der Waals surface area contributed by atoms with Gasteiger partial charge in [0.1, 0.15) is 12.7 Å². The van der Waals surface area contributed by atoms with E-state index in [2.05, 4.69) is 20.4 Å². The minimum Gasteiger partial charge on any atom is -0.339 e. The predicted molar refractivity (Wildman–Crippen MR) is 103 cm³/mol. The van der Waals surface area contributed by atoms with Crippen molar-refractivity contribution in [2.75, 3.05) is 43.0 Å². The number of carbonyl (C=O) groups excluding carboxylic acids is 2. The van der Waals surface area contributed by atoms with Crippen LogP contribution in [-0.4, -0.2) is 87.6 Å². The maximum absolute atomic E-state index is 12.5. The molecule has 0 aliphatic carbocycles. The van der Waals surface area contributed by atoms with Gasteiger partial charge >= 0.3 is 6.03 Å². The van der Waals surface area contributed by atoms with E-state index in [1.54, 1.807) is 21.9 Å². The summed E-state index contributed by atoms with van der Waals surface area (Å²) in [5.41, 5.74) is 0.550. The first-order chi connectivity index (χ1) is 13.9. The largest absolute Gasteiger partial charge is 0.339 e. The first-order valence-corrected chi connectivity index (χ1v) is 11.1. The lowest BCUT2D eigenvalue weighted by atomic mass is 10.1. The van der Waals surface area contributed by atoms with Crippen molar-refractivity contribution in [3.63, 3.8) is 0 Å². The fourth-order valence-electron chi connectivity index (χ4n) is 3.50. The average molecular weight is 419 g/mol. The number of sulfone groups is 1. The van der Waals surface area contributed by atoms with Crippen molar-refractivity contribution < 1.29 is 18.0 Å². The molecule has 2 aromatic heterocycles. The molecule has 11 nitrogen and oxygen atoms in total. The van der Waals surface area contributed by atoms with Crippen LogP contribution < -0.4 is 5.32 Å². The van der Waals surface area contributed by atoms with Crippen LogP contribution in [0.2, 0.25) is 0 Å². The summed E-state index contributed by atoms with van der Waals surface area (Å²) >= 11 is 0. The summed E-state index contributed by atoms with van der Waals surface area (Å²) in [5.74, 6) is 0.0233. The van der Waals surface area contributed by atoms with Gasteiger partial charge in [0.05, 0.1) is 29.3 Å². The third-order valence-corrected chi connectivity index (χ3v) is 6.88. The molecule has 4 heterocycles. The minimum absolute atomic E-state index is 0.0654. The lowest BCUT2D eigenvalue weighted by molar-refractivity contribution is -0.136. The molecule has 29 heavy (non-hydrogen) atoms. The van der Waals surface area contributed by atoms with Crippen LogP contribution in [0.1, 0.15) is 6.42 Å². The molecule has 2 aromatic rings. The van der Waals surface area contributed by atoms with Crippen molar-refractivity contribution >= 4 is 27.5 Å². The topological polar surface area (TPSA) is 130 Å². The molecule has 12 heteroatoms. The highest BCUT2D eigenvalue weighted by Crippen LogP contribution is 2.21. The van der Waals surface area contributed by atoms with Gasteiger partial charge in [-0.05, 0) is 18.6 Å². The minimum atomic E-state index is -3.09. The van der Waals surface area contributed by atoms with Gasteiger partial charge in [-0.1, -0.05) is 0 Å². The van der Waals surface area contributed by atoms with Gasteiger partial charge in [-0.2, -0.15) is 5.10 Å². The van der Waals surface area contributed by atoms with Crippen molar-refractivity contribution in [2.24, 2.45) is 5.92 Å². The summed E-state index contributed by atoms with van der Waals surface area (Å²) in [6, 6.07) is 3.18. The smallest absolute Gasteiger partial charge is 0.322 e. The van der Waals surface area contributed by atoms with Crippen LogP contribution >= 0.6 is 0 Å². The van der Waals surface area contributed by atoms with E-state index >= 15 is 0 Å². The van der Waals surface area contributed by atoms with Crippen molar-refractivity contribution in [3.05, 3.63) is 31.0 Å². The molecule has 0 radical (unpaired) electrons. The maximum Gasteiger partial charge on any atom is 0.322 e. The van der Waals surface area contributed by atoms with E-state index in [0.29, 0.717) is 44.1 Å². The molecular weight excluding hydrogens is 398 g/mol. The molecule has 1 N–H and O–H groups in total. The Hall–Kier alpha value is -3.02. The van der Waals surface area contributed by atoms with Crippen molar-refractivity contribution in [2.45, 2.75) is 6.42 Å². The van der Waals surface area contributed by atoms with Crippen LogP contribution in [-0.2, 0) is 14.6 Å². The Kier molecular flexibility index (Phi) is 5.18. The molecule has 4 rings (SSSR count). The molecule has 0 aromatic carbocycles. The second-order valence-corrected chi connectivity index (χ2v) is 9.32. The van der Waals surface area contributed by atoms with E-state index in [-0.39, 0.29) is 23.4 Å². The summed E-state index contributed by atoms with van der Waals surface area (Å²) in [6.07, 6.45) is 4.87. The lowest BCUT2D eigenvalue weighted by Gasteiger charge is -2.35. The molecule has 0 unspecified atom stereocenters. The Morgan fingerprint density at radius 3 is 2.45 bits per heavy atom. The zero-order valence-corrected chi connectivity index (χ0v) is 16.5. The summed E-state index contributed by atoms with van der Waals surface area (Å²) in [4.78, 5) is 36.4. The SMILES string of the molecule is O=C(Nc1ccc(-n2cncn2)nc1)N1CCN(C(=O)[C@H]2CCS(=O)(=O)C2)CC1. The van der Waals surface area contributed by atoms with Gasteiger partial charge in [0.2, 0.25) is 5.91 Å². The Bertz CT molecular complexity index is 983. The first kappa shape index (κ1) is 19.3. The number of anilines is 1. The fourth-order valence-corrected chi connectivity index (χ4v) is 5.24. The quantitative estimate of drug-likeness (QED) is 0.727. The third-order valence-electron chi connectivity index (χ3n) is 5.11. The lowest BCUT2D eigenvalue weighted by Crippen LogP contribution is -2.53. The van der Waals surface area contributed by atoms with Crippen LogP contribution in [0.25, 0.3) is 5.82 Å². The van der Waals surface area contributed by atoms with Gasteiger partial charge in [-0.15, -0.1) is 0 Å². The second kappa shape index (κ2) is 7.78. The van der Waals surface area contributed by atoms with Gasteiger partial charge in [0, 0.05) is 26.2 Å². The number of nitrogens with one attached hydrogen (secondary N) is 1. The highest BCUT2D eigenvalue weighted by molar-refractivity contribution is 7.91. The second-order valence-electron chi connectivity index (χ2n) is 7.09. The number of carbonyl (C=O) groups is 2. The highest BCUT2D eigenvalue weighted by Gasteiger charge is 2.36. The van der Waals surface area contributed by atoms with Gasteiger partial charge in [0.25, 0.3) is 0 Å². The Labute approximate surface area is 167 Å². The van der Waals surface area contributed by atoms with Crippen LogP contribution in [0.5, 0.6) is 0 Å². The standard InChI is InChI=1S/C17H21N7O4S/c25-16(13-3-8-29(27,28)10-13)22-4-6-23(7-5-22)17(26)21-14-1-2-15(19-9-14)24-12-18-11-20-24/h1-2,9,11-13H,3-8,10H2,(H,21,26)/t13-/m0/s1. The molecule has 0 spiro atoms. The average Bonchev–Trinajstić information content (AvgIpc) is 3.38. The van der Waals surface area contributed by atoms with Crippen LogP contribution in [0.15, 0.2) is 31.0 Å². The monoisotopic (exact) mass is 419 g/mol. The van der Waals surface area contributed by atoms with Crippen molar-refractivity contribution in [1.82, 2.24) is 29.5 Å². The summed E-state index contributed by atoms with van der Waals surface area (Å²) in [7, 11) is -3.09. The molecule has 3 amide bonds. The zero-order valence-electron chi connectivity index (χ0n) is 15.6. The predicted octanol–water partition coefficient (Wildman–Crippen LogP) is -0.227. The number of aromatic nitrogens is 4. The number of pyridine rings is 1. The molecule has 0 bridgehead atoms. The number of nitrogens with zero attached hydrogens (tertiary/aromatic N) is 6. The Balaban J connectivity index is 1.28. The Morgan fingerprint density at radius 2 is 1.86 bits per heavy atom. The molecule has 2 saturated heterocycles. The summed E-state index contributed by atoms with van der Waals surface area (Å²) in [6.45, 7) is 1.57. The first-order valence-electron chi connectivity index (χ1n) is 9.27. The number of rotatable bonds is 3.